The molecular formula is C15H22BNO2S. The van der Waals surface area contributed by atoms with E-state index in [0.717, 1.165) is 16.4 Å². The number of hydrogen-bond acceptors (Lipinski definition) is 3. The van der Waals surface area contributed by atoms with Crippen LogP contribution in [0, 0.1) is 0 Å². The van der Waals surface area contributed by atoms with Crippen molar-refractivity contribution in [3.05, 3.63) is 24.4 Å². The Morgan fingerprint density at radius 2 is 1.65 bits per heavy atom. The van der Waals surface area contributed by atoms with Crippen molar-refractivity contribution in [3.63, 3.8) is 0 Å². The number of benzene rings is 1. The zero-order valence-corrected chi connectivity index (χ0v) is 13.5. The summed E-state index contributed by atoms with van der Waals surface area (Å²) < 4.78 is 0. The highest BCUT2D eigenvalue weighted by Gasteiger charge is 2.31. The molecule has 0 spiro atoms. The molecule has 3 N–H and O–H groups in total. The highest BCUT2D eigenvalue weighted by molar-refractivity contribution is 7.98. The Labute approximate surface area is 126 Å². The fraction of sp³-hybridized carbons (Fsp3) is 0.467. The van der Waals surface area contributed by atoms with Gasteiger partial charge in [-0.05, 0) is 51.5 Å². The first kappa shape index (κ1) is 17.1. The number of aromatic nitrogens is 1. The van der Waals surface area contributed by atoms with Crippen LogP contribution in [0.2, 0.25) is 0 Å². The maximum Gasteiger partial charge on any atom is 0.114 e. The molecule has 0 fully saturated rings. The van der Waals surface area contributed by atoms with Gasteiger partial charge in [0.2, 0.25) is 0 Å². The lowest BCUT2D eigenvalue weighted by Crippen LogP contribution is -2.44. The molecule has 0 bridgehead atoms. The van der Waals surface area contributed by atoms with Crippen LogP contribution >= 0.6 is 11.8 Å². The summed E-state index contributed by atoms with van der Waals surface area (Å²) in [5, 5.41) is 19.3. The predicted molar refractivity (Wildman–Crippen MR) is 88.1 cm³/mol. The minimum atomic E-state index is -1.01. The Bertz CT molecular complexity index is 555. The molecule has 0 unspecified atom stereocenters. The third-order valence-electron chi connectivity index (χ3n) is 3.41. The van der Waals surface area contributed by atoms with E-state index in [1.54, 1.807) is 39.5 Å². The molecule has 1 aromatic heterocycles. The molecule has 1 aromatic carbocycles. The van der Waals surface area contributed by atoms with E-state index in [0.29, 0.717) is 0 Å². The van der Waals surface area contributed by atoms with Crippen LogP contribution in [-0.2, 0) is 0 Å². The van der Waals surface area contributed by atoms with Crippen molar-refractivity contribution in [1.82, 2.24) is 4.98 Å². The summed E-state index contributed by atoms with van der Waals surface area (Å²) in [5.74, 6) is 0. The van der Waals surface area contributed by atoms with E-state index < -0.39 is 11.2 Å². The van der Waals surface area contributed by atoms with Crippen molar-refractivity contribution in [2.45, 2.75) is 43.8 Å². The second-order valence-corrected chi connectivity index (χ2v) is 6.65. The van der Waals surface area contributed by atoms with Crippen LogP contribution in [0.4, 0.5) is 0 Å². The average Bonchev–Trinajstić information content (AvgIpc) is 2.75. The molecule has 0 aliphatic heterocycles. The summed E-state index contributed by atoms with van der Waals surface area (Å²) >= 11 is 1.70. The van der Waals surface area contributed by atoms with Gasteiger partial charge >= 0.3 is 0 Å². The molecule has 0 saturated carbocycles. The number of rotatable bonds is 2. The van der Waals surface area contributed by atoms with E-state index >= 15 is 0 Å². The van der Waals surface area contributed by atoms with Gasteiger partial charge in [0.05, 0.1) is 11.2 Å². The lowest BCUT2D eigenvalue weighted by molar-refractivity contribution is -0.107. The molecule has 5 heteroatoms. The first-order valence-electron chi connectivity index (χ1n) is 6.41. The second-order valence-electron chi connectivity index (χ2n) is 5.77. The van der Waals surface area contributed by atoms with E-state index in [9.17, 15) is 0 Å². The van der Waals surface area contributed by atoms with Gasteiger partial charge in [-0.3, -0.25) is 0 Å². The summed E-state index contributed by atoms with van der Waals surface area (Å²) in [4.78, 5) is 4.34. The summed E-state index contributed by atoms with van der Waals surface area (Å²) in [5.41, 5.74) is -0.0579. The number of nitrogens with one attached hydrogen (secondary N) is 1. The Kier molecular flexibility index (Phi) is 5.36. The largest absolute Gasteiger partial charge is 0.387 e. The van der Waals surface area contributed by atoms with Crippen LogP contribution in [-0.4, -0.2) is 40.5 Å². The molecule has 1 heterocycles. The smallest absolute Gasteiger partial charge is 0.114 e. The standard InChI is InChI=1S/C9H8BNS.C6H14O2/c1-12-6-4-8(10)7-2-3-11-9(7)5-6;1-5(2,7)6(3,4)8/h2-5,11H,1H3;7-8H,1-4H3. The van der Waals surface area contributed by atoms with E-state index in [4.69, 9.17) is 18.1 Å². The monoisotopic (exact) mass is 291 g/mol. The van der Waals surface area contributed by atoms with Crippen LogP contribution in [0.15, 0.2) is 29.3 Å². The van der Waals surface area contributed by atoms with Gasteiger partial charge in [0.15, 0.2) is 0 Å². The molecule has 0 amide bonds. The zero-order chi connectivity index (χ0) is 15.6. The molecule has 0 saturated heterocycles. The maximum atomic E-state index is 9.10. The molecule has 0 aliphatic carbocycles. The maximum absolute atomic E-state index is 9.10. The molecule has 2 rings (SSSR count). The highest BCUT2D eigenvalue weighted by Crippen LogP contribution is 2.19. The summed E-state index contributed by atoms with van der Waals surface area (Å²) in [7, 11) is 5.84. The van der Waals surface area contributed by atoms with Gasteiger partial charge < -0.3 is 15.2 Å². The van der Waals surface area contributed by atoms with Crippen molar-refractivity contribution < 1.29 is 10.2 Å². The van der Waals surface area contributed by atoms with Gasteiger partial charge in [-0.25, -0.2) is 0 Å². The van der Waals surface area contributed by atoms with E-state index in [-0.39, 0.29) is 0 Å². The van der Waals surface area contributed by atoms with Crippen LogP contribution in [0.3, 0.4) is 0 Å². The van der Waals surface area contributed by atoms with Crippen molar-refractivity contribution in [2.75, 3.05) is 6.26 Å². The third kappa shape index (κ3) is 4.30. The third-order valence-corrected chi connectivity index (χ3v) is 4.11. The fourth-order valence-corrected chi connectivity index (χ4v) is 1.77. The fourth-order valence-electron chi connectivity index (χ4n) is 1.29. The topological polar surface area (TPSA) is 56.2 Å². The van der Waals surface area contributed by atoms with Gasteiger partial charge in [0.1, 0.15) is 7.85 Å². The van der Waals surface area contributed by atoms with E-state index in [1.807, 2.05) is 24.6 Å². The molecule has 0 atom stereocenters. The Hall–Kier alpha value is -0.905. The Morgan fingerprint density at radius 3 is 2.10 bits per heavy atom. The molecule has 20 heavy (non-hydrogen) atoms. The SMILES string of the molecule is CC(C)(O)C(C)(C)O.[B]c1cc(SC)cc2[nH]ccc12. The number of thioether (sulfide) groups is 1. The summed E-state index contributed by atoms with van der Waals surface area (Å²) in [6, 6.07) is 6.10. The molecule has 2 radical (unpaired) electrons. The van der Waals surface area contributed by atoms with Crippen LogP contribution < -0.4 is 5.46 Å². The second kappa shape index (κ2) is 6.25. The van der Waals surface area contributed by atoms with E-state index in [1.165, 1.54) is 4.90 Å². The minimum Gasteiger partial charge on any atom is -0.387 e. The predicted octanol–water partition coefficient (Wildman–Crippen LogP) is 2.21. The molecule has 0 aliphatic rings. The first-order chi connectivity index (χ1) is 9.06. The highest BCUT2D eigenvalue weighted by atomic mass is 32.2. The molecule has 3 nitrogen and oxygen atoms in total. The van der Waals surface area contributed by atoms with Crippen molar-refractivity contribution in [2.24, 2.45) is 0 Å². The van der Waals surface area contributed by atoms with Crippen LogP contribution in [0.5, 0.6) is 0 Å². The zero-order valence-electron chi connectivity index (χ0n) is 12.7. The van der Waals surface area contributed by atoms with Crippen molar-refractivity contribution in [3.8, 4) is 0 Å². The molecular weight excluding hydrogens is 269 g/mol. The summed E-state index contributed by atoms with van der Waals surface area (Å²) in [6.07, 6.45) is 3.95. The van der Waals surface area contributed by atoms with Crippen LogP contribution in [0.1, 0.15) is 27.7 Å². The lowest BCUT2D eigenvalue weighted by Gasteiger charge is -2.31. The lowest BCUT2D eigenvalue weighted by atomic mass is 9.90. The normalized spacial score (nSPS) is 12.2. The van der Waals surface area contributed by atoms with Crippen molar-refractivity contribution in [1.29, 1.82) is 0 Å². The number of fused-ring (bicyclic) bond motifs is 1. The molecule has 108 valence electrons. The number of H-pyrrole nitrogens is 1. The van der Waals surface area contributed by atoms with Crippen LogP contribution in [0.25, 0.3) is 10.9 Å². The van der Waals surface area contributed by atoms with Gasteiger partial charge in [-0.15, -0.1) is 11.8 Å². The quantitative estimate of drug-likeness (QED) is 0.587. The number of aliphatic hydroxyl groups is 2. The van der Waals surface area contributed by atoms with Gasteiger partial charge in [0, 0.05) is 16.6 Å². The Morgan fingerprint density at radius 1 is 1.10 bits per heavy atom. The van der Waals surface area contributed by atoms with Crippen molar-refractivity contribution >= 4 is 36.0 Å². The minimum absolute atomic E-state index is 0.845. The Balaban J connectivity index is 0.000000221. The van der Waals surface area contributed by atoms with Gasteiger partial charge in [-0.1, -0.05) is 11.5 Å². The number of hydrogen-bond donors (Lipinski definition) is 3. The first-order valence-corrected chi connectivity index (χ1v) is 7.64. The van der Waals surface area contributed by atoms with E-state index in [2.05, 4.69) is 11.1 Å². The summed E-state index contributed by atoms with van der Waals surface area (Å²) in [6.45, 7) is 6.31. The van der Waals surface area contributed by atoms with Gasteiger partial charge in [0.25, 0.3) is 0 Å². The number of aromatic amines is 1. The molecule has 2 aromatic rings. The van der Waals surface area contributed by atoms with Gasteiger partial charge in [-0.2, -0.15) is 0 Å². The average molecular weight is 291 g/mol.